The number of H-pyrrole nitrogens is 1. The van der Waals surface area contributed by atoms with Gasteiger partial charge in [-0.1, -0.05) is 31.5 Å². The molecule has 0 spiro atoms. The molecule has 0 saturated carbocycles. The van der Waals surface area contributed by atoms with Crippen LogP contribution < -0.4 is 9.47 Å². The fraction of sp³-hybridized carbons (Fsp3) is 0.484. The van der Waals surface area contributed by atoms with E-state index in [1.807, 2.05) is 50.8 Å². The Hall–Kier alpha value is -3.23. The van der Waals surface area contributed by atoms with E-state index in [-0.39, 0.29) is 17.8 Å². The summed E-state index contributed by atoms with van der Waals surface area (Å²) in [5, 5.41) is 18.8. The average Bonchev–Trinajstić information content (AvgIpc) is 3.43. The van der Waals surface area contributed by atoms with Crippen molar-refractivity contribution in [3.05, 3.63) is 57.7 Å². The Labute approximate surface area is 241 Å². The van der Waals surface area contributed by atoms with E-state index in [0.717, 1.165) is 17.5 Å². The Morgan fingerprint density at radius 3 is 2.58 bits per heavy atom. The largest absolute Gasteiger partial charge is 0.507 e. The second-order valence-corrected chi connectivity index (χ2v) is 11.2. The van der Waals surface area contributed by atoms with Crippen molar-refractivity contribution in [3.63, 3.8) is 0 Å². The van der Waals surface area contributed by atoms with Crippen LogP contribution in [0.15, 0.2) is 30.3 Å². The number of fused-ring (bicyclic) bond motifs is 1. The molecule has 4 rings (SSSR count). The molecule has 0 aliphatic carbocycles. The number of carbonyl (C=O) groups excluding carboxylic acids is 1. The highest BCUT2D eigenvalue weighted by molar-refractivity contribution is 6.31. The molecule has 40 heavy (non-hydrogen) atoms. The minimum atomic E-state index is -0.460. The predicted octanol–water partition coefficient (Wildman–Crippen LogP) is 6.93. The van der Waals surface area contributed by atoms with Crippen LogP contribution >= 0.6 is 11.6 Å². The van der Waals surface area contributed by atoms with Gasteiger partial charge in [0, 0.05) is 29.3 Å². The van der Waals surface area contributed by atoms with Crippen LogP contribution in [0.3, 0.4) is 0 Å². The third-order valence-corrected chi connectivity index (χ3v) is 7.33. The molecule has 0 radical (unpaired) electrons. The van der Waals surface area contributed by atoms with Gasteiger partial charge in [-0.25, -0.2) is 0 Å². The number of aromatic amines is 1. The normalized spacial score (nSPS) is 14.9. The number of aromatic nitrogens is 2. The minimum absolute atomic E-state index is 0.0510. The molecule has 1 unspecified atom stereocenters. The summed E-state index contributed by atoms with van der Waals surface area (Å²) in [5.41, 5.74) is 3.66. The number of aromatic hydroxyl groups is 1. The van der Waals surface area contributed by atoms with E-state index < -0.39 is 6.04 Å². The van der Waals surface area contributed by atoms with E-state index >= 15 is 0 Å². The number of carbonyl (C=O) groups is 1. The molecular weight excluding hydrogens is 530 g/mol. The molecule has 0 fully saturated rings. The number of halogens is 1. The van der Waals surface area contributed by atoms with E-state index in [0.29, 0.717) is 77.7 Å². The van der Waals surface area contributed by atoms with Crippen LogP contribution in [0.5, 0.6) is 17.2 Å². The molecule has 1 atom stereocenters. The number of hydrogen-bond acceptors (Lipinski definition) is 6. The van der Waals surface area contributed by atoms with Crippen LogP contribution in [0, 0.1) is 12.8 Å². The number of rotatable bonds is 13. The lowest BCUT2D eigenvalue weighted by atomic mass is 9.95. The lowest BCUT2D eigenvalue weighted by Crippen LogP contribution is -2.31. The number of nitrogens with one attached hydrogen (secondary N) is 1. The molecule has 3 aromatic rings. The van der Waals surface area contributed by atoms with Crippen molar-refractivity contribution >= 4 is 17.5 Å². The highest BCUT2D eigenvalue weighted by Crippen LogP contribution is 2.46. The van der Waals surface area contributed by atoms with E-state index in [1.54, 1.807) is 12.1 Å². The number of hydrogen-bond donors (Lipinski definition) is 2. The number of nitrogens with zero attached hydrogens (tertiary/aromatic N) is 2. The van der Waals surface area contributed by atoms with Gasteiger partial charge in [-0.15, -0.1) is 0 Å². The molecule has 9 heteroatoms. The van der Waals surface area contributed by atoms with Gasteiger partial charge < -0.3 is 24.2 Å². The van der Waals surface area contributed by atoms with Gasteiger partial charge in [0.15, 0.2) is 11.5 Å². The molecule has 1 aromatic heterocycles. The van der Waals surface area contributed by atoms with E-state index in [9.17, 15) is 9.90 Å². The van der Waals surface area contributed by atoms with Crippen molar-refractivity contribution in [2.24, 2.45) is 5.92 Å². The summed E-state index contributed by atoms with van der Waals surface area (Å²) in [6, 6.07) is 8.67. The number of amides is 1. The molecule has 1 aliphatic heterocycles. The van der Waals surface area contributed by atoms with E-state index in [4.69, 9.17) is 25.8 Å². The molecule has 2 N–H and O–H groups in total. The Morgan fingerprint density at radius 2 is 1.88 bits per heavy atom. The van der Waals surface area contributed by atoms with Crippen molar-refractivity contribution in [1.29, 1.82) is 0 Å². The zero-order valence-corrected chi connectivity index (χ0v) is 25.0. The van der Waals surface area contributed by atoms with Crippen LogP contribution in [-0.2, 0) is 4.74 Å². The molecule has 0 saturated heterocycles. The summed E-state index contributed by atoms with van der Waals surface area (Å²) in [6.07, 6.45) is 1.71. The standard InChI is InChI=1S/C31H40ClN3O5/c1-7-38-26-16-21(9-10-25(26)40-14-11-18(2)3)30-27-28(22-17-23(32)20(6)15-24(22)36)33-34-29(27)31(37)35(30)12-8-13-39-19(4)5/h9-10,15-19,30,36H,7-8,11-14H2,1-6H3,(H,33,34). The first-order valence-corrected chi connectivity index (χ1v) is 14.4. The van der Waals surface area contributed by atoms with Crippen LogP contribution in [0.1, 0.15) is 80.7 Å². The minimum Gasteiger partial charge on any atom is -0.507 e. The number of benzene rings is 2. The second-order valence-electron chi connectivity index (χ2n) is 10.8. The molecule has 2 heterocycles. The van der Waals surface area contributed by atoms with Crippen molar-refractivity contribution in [1.82, 2.24) is 15.1 Å². The Morgan fingerprint density at radius 1 is 1.10 bits per heavy atom. The third kappa shape index (κ3) is 6.39. The number of phenolic OH excluding ortho intramolecular Hbond substituents is 1. The zero-order valence-electron chi connectivity index (χ0n) is 24.2. The van der Waals surface area contributed by atoms with Gasteiger partial charge in [-0.2, -0.15) is 5.10 Å². The van der Waals surface area contributed by atoms with Crippen LogP contribution in [0.4, 0.5) is 0 Å². The molecular formula is C31H40ClN3O5. The highest BCUT2D eigenvalue weighted by atomic mass is 35.5. The fourth-order valence-corrected chi connectivity index (χ4v) is 5.04. The molecule has 8 nitrogen and oxygen atoms in total. The fourth-order valence-electron chi connectivity index (χ4n) is 4.88. The summed E-state index contributed by atoms with van der Waals surface area (Å²) in [4.78, 5) is 15.5. The maximum atomic E-state index is 13.7. The highest BCUT2D eigenvalue weighted by Gasteiger charge is 2.42. The van der Waals surface area contributed by atoms with Gasteiger partial charge in [0.1, 0.15) is 17.1 Å². The third-order valence-electron chi connectivity index (χ3n) is 6.93. The molecule has 2 aromatic carbocycles. The maximum absolute atomic E-state index is 13.7. The van der Waals surface area contributed by atoms with Crippen molar-refractivity contribution in [2.45, 2.75) is 66.5 Å². The summed E-state index contributed by atoms with van der Waals surface area (Å²) in [5.74, 6) is 1.71. The van der Waals surface area contributed by atoms with E-state index in [1.165, 1.54) is 0 Å². The molecule has 0 bridgehead atoms. The first kappa shape index (κ1) is 29.7. The summed E-state index contributed by atoms with van der Waals surface area (Å²) < 4.78 is 17.8. The van der Waals surface area contributed by atoms with Gasteiger partial charge in [0.25, 0.3) is 5.91 Å². The number of ether oxygens (including phenoxy) is 3. The zero-order chi connectivity index (χ0) is 29.0. The Balaban J connectivity index is 1.77. The molecule has 1 amide bonds. The van der Waals surface area contributed by atoms with Crippen molar-refractivity contribution < 1.29 is 24.1 Å². The number of phenols is 1. The number of aryl methyl sites for hydroxylation is 1. The van der Waals surface area contributed by atoms with Crippen molar-refractivity contribution in [2.75, 3.05) is 26.4 Å². The van der Waals surface area contributed by atoms with Gasteiger partial charge in [-0.3, -0.25) is 9.89 Å². The van der Waals surface area contributed by atoms with Gasteiger partial charge in [0.2, 0.25) is 0 Å². The quantitative estimate of drug-likeness (QED) is 0.217. The first-order chi connectivity index (χ1) is 19.1. The summed E-state index contributed by atoms with van der Waals surface area (Å²) >= 11 is 6.44. The first-order valence-electron chi connectivity index (χ1n) is 14.0. The molecule has 216 valence electrons. The van der Waals surface area contributed by atoms with Crippen LogP contribution in [0.2, 0.25) is 5.02 Å². The topological polar surface area (TPSA) is 96.9 Å². The maximum Gasteiger partial charge on any atom is 0.273 e. The van der Waals surface area contributed by atoms with Crippen molar-refractivity contribution in [3.8, 4) is 28.5 Å². The SMILES string of the molecule is CCOc1cc(C2c3c(-c4cc(Cl)c(C)cc4O)n[nH]c3C(=O)N2CCCOC(C)C)ccc1OCCC(C)C. The summed E-state index contributed by atoms with van der Waals surface area (Å²) in [7, 11) is 0. The van der Waals surface area contributed by atoms with Gasteiger partial charge in [-0.05, 0) is 81.8 Å². The lowest BCUT2D eigenvalue weighted by molar-refractivity contribution is 0.0601. The Kier molecular flexibility index (Phi) is 9.64. The lowest BCUT2D eigenvalue weighted by Gasteiger charge is -2.27. The van der Waals surface area contributed by atoms with Crippen LogP contribution in [-0.4, -0.2) is 58.6 Å². The summed E-state index contributed by atoms with van der Waals surface area (Å²) in [6.45, 7) is 14.1. The van der Waals surface area contributed by atoms with Gasteiger partial charge in [0.05, 0.1) is 25.4 Å². The monoisotopic (exact) mass is 569 g/mol. The Bertz CT molecular complexity index is 1340. The smallest absolute Gasteiger partial charge is 0.273 e. The predicted molar refractivity (Wildman–Crippen MR) is 157 cm³/mol. The molecule has 1 aliphatic rings. The second kappa shape index (κ2) is 13.0. The van der Waals surface area contributed by atoms with Gasteiger partial charge >= 0.3 is 0 Å². The average molecular weight is 570 g/mol. The van der Waals surface area contributed by atoms with E-state index in [2.05, 4.69) is 24.0 Å². The van der Waals surface area contributed by atoms with Crippen LogP contribution in [0.25, 0.3) is 11.3 Å².